The summed E-state index contributed by atoms with van der Waals surface area (Å²) in [7, 11) is 0. The molecule has 0 aromatic heterocycles. The zero-order valence-corrected chi connectivity index (χ0v) is 11.6. The number of aliphatic hydroxyl groups is 2. The normalized spacial score (nSPS) is 12.8. The van der Waals surface area contributed by atoms with Gasteiger partial charge in [-0.05, 0) is 32.8 Å². The maximum atomic E-state index is 10.1. The highest BCUT2D eigenvalue weighted by molar-refractivity contribution is 5.55. The van der Waals surface area contributed by atoms with Crippen LogP contribution in [0.25, 0.3) is 0 Å². The molecule has 102 valence electrons. The van der Waals surface area contributed by atoms with Gasteiger partial charge in [-0.25, -0.2) is 0 Å². The van der Waals surface area contributed by atoms with E-state index in [2.05, 4.69) is 18.7 Å². The van der Waals surface area contributed by atoms with E-state index in [1.165, 1.54) is 0 Å². The van der Waals surface area contributed by atoms with Gasteiger partial charge in [0.25, 0.3) is 0 Å². The van der Waals surface area contributed by atoms with E-state index < -0.39 is 6.10 Å². The molecule has 0 unspecified atom stereocenters. The molecule has 0 spiro atoms. The van der Waals surface area contributed by atoms with E-state index in [0.717, 1.165) is 24.2 Å². The van der Waals surface area contributed by atoms with Crippen molar-refractivity contribution in [2.24, 2.45) is 0 Å². The van der Waals surface area contributed by atoms with Gasteiger partial charge in [-0.15, -0.1) is 0 Å². The first-order valence-electron chi connectivity index (χ1n) is 6.76. The van der Waals surface area contributed by atoms with Crippen LogP contribution < -0.4 is 4.90 Å². The standard InChI is InChI=1S/C15H25NO2/c1-4-15(18)13-8-5-6-9-14(13)16(12(2)3)10-7-11-17/h5-6,8-9,12,15,17-18H,4,7,10-11H2,1-3H3/t15-/m0/s1. The SMILES string of the molecule is CC[C@H](O)c1ccccc1N(CCCO)C(C)C. The lowest BCUT2D eigenvalue weighted by molar-refractivity contribution is 0.174. The molecule has 1 aromatic rings. The average molecular weight is 251 g/mol. The molecule has 0 saturated heterocycles. The summed E-state index contributed by atoms with van der Waals surface area (Å²) in [6, 6.07) is 8.34. The molecular formula is C15H25NO2. The molecule has 18 heavy (non-hydrogen) atoms. The number of anilines is 1. The lowest BCUT2D eigenvalue weighted by Gasteiger charge is -2.31. The quantitative estimate of drug-likeness (QED) is 0.783. The van der Waals surface area contributed by atoms with Crippen LogP contribution in [0.5, 0.6) is 0 Å². The van der Waals surface area contributed by atoms with Crippen LogP contribution in [0, 0.1) is 0 Å². The summed E-state index contributed by atoms with van der Waals surface area (Å²) < 4.78 is 0. The molecule has 0 amide bonds. The predicted molar refractivity (Wildman–Crippen MR) is 75.9 cm³/mol. The fourth-order valence-electron chi connectivity index (χ4n) is 2.15. The van der Waals surface area contributed by atoms with Gasteiger partial charge in [0.2, 0.25) is 0 Å². The largest absolute Gasteiger partial charge is 0.396 e. The van der Waals surface area contributed by atoms with Crippen molar-refractivity contribution in [2.75, 3.05) is 18.1 Å². The van der Waals surface area contributed by atoms with Gasteiger partial charge in [0.15, 0.2) is 0 Å². The number of para-hydroxylation sites is 1. The molecule has 0 fully saturated rings. The molecular weight excluding hydrogens is 226 g/mol. The summed E-state index contributed by atoms with van der Waals surface area (Å²) >= 11 is 0. The van der Waals surface area contributed by atoms with Crippen molar-refractivity contribution in [1.29, 1.82) is 0 Å². The lowest BCUT2D eigenvalue weighted by atomic mass is 10.0. The van der Waals surface area contributed by atoms with Crippen LogP contribution in [0.1, 0.15) is 45.3 Å². The van der Waals surface area contributed by atoms with E-state index in [1.54, 1.807) is 0 Å². The van der Waals surface area contributed by atoms with Crippen molar-refractivity contribution in [3.05, 3.63) is 29.8 Å². The third kappa shape index (κ3) is 3.72. The van der Waals surface area contributed by atoms with Crippen molar-refractivity contribution in [3.63, 3.8) is 0 Å². The molecule has 0 bridgehead atoms. The highest BCUT2D eigenvalue weighted by Crippen LogP contribution is 2.29. The second-order valence-electron chi connectivity index (χ2n) is 4.85. The molecule has 1 aromatic carbocycles. The molecule has 2 N–H and O–H groups in total. The minimum atomic E-state index is -0.420. The highest BCUT2D eigenvalue weighted by atomic mass is 16.3. The minimum Gasteiger partial charge on any atom is -0.396 e. The Morgan fingerprint density at radius 3 is 2.44 bits per heavy atom. The van der Waals surface area contributed by atoms with Crippen LogP contribution in [-0.4, -0.2) is 29.4 Å². The smallest absolute Gasteiger partial charge is 0.0807 e. The van der Waals surface area contributed by atoms with E-state index >= 15 is 0 Å². The summed E-state index contributed by atoms with van der Waals surface area (Å²) in [4.78, 5) is 2.24. The number of rotatable bonds is 7. The molecule has 0 saturated carbocycles. The Hall–Kier alpha value is -1.06. The van der Waals surface area contributed by atoms with Crippen molar-refractivity contribution in [2.45, 2.75) is 45.8 Å². The maximum Gasteiger partial charge on any atom is 0.0807 e. The predicted octanol–water partition coefficient (Wildman–Crippen LogP) is 2.73. The fraction of sp³-hybridized carbons (Fsp3) is 0.600. The van der Waals surface area contributed by atoms with Gasteiger partial charge in [-0.2, -0.15) is 0 Å². The number of benzene rings is 1. The Bertz CT molecular complexity index is 352. The Morgan fingerprint density at radius 1 is 1.22 bits per heavy atom. The summed E-state index contributed by atoms with van der Waals surface area (Å²) in [6.45, 7) is 7.25. The first-order valence-corrected chi connectivity index (χ1v) is 6.76. The summed E-state index contributed by atoms with van der Waals surface area (Å²) in [6.07, 6.45) is 1.04. The van der Waals surface area contributed by atoms with Gasteiger partial charge in [0, 0.05) is 30.4 Å². The fourth-order valence-corrected chi connectivity index (χ4v) is 2.15. The van der Waals surface area contributed by atoms with Crippen molar-refractivity contribution >= 4 is 5.69 Å². The van der Waals surface area contributed by atoms with Crippen LogP contribution in [0.2, 0.25) is 0 Å². The molecule has 0 aliphatic rings. The molecule has 3 heteroatoms. The number of hydrogen-bond donors (Lipinski definition) is 2. The first kappa shape index (κ1) is 15.0. The molecule has 1 atom stereocenters. The van der Waals surface area contributed by atoms with E-state index in [4.69, 9.17) is 5.11 Å². The third-order valence-corrected chi connectivity index (χ3v) is 3.17. The van der Waals surface area contributed by atoms with Gasteiger partial charge in [-0.1, -0.05) is 25.1 Å². The summed E-state index contributed by atoms with van der Waals surface area (Å²) in [5.74, 6) is 0. The van der Waals surface area contributed by atoms with Crippen molar-refractivity contribution in [3.8, 4) is 0 Å². The minimum absolute atomic E-state index is 0.196. The van der Waals surface area contributed by atoms with Crippen LogP contribution in [0.3, 0.4) is 0 Å². The van der Waals surface area contributed by atoms with Crippen LogP contribution in [0.15, 0.2) is 24.3 Å². The Kier molecular flexibility index (Phi) is 6.16. The van der Waals surface area contributed by atoms with Crippen molar-refractivity contribution < 1.29 is 10.2 Å². The Labute approximate surface area is 110 Å². The van der Waals surface area contributed by atoms with Gasteiger partial charge >= 0.3 is 0 Å². The van der Waals surface area contributed by atoms with Gasteiger partial charge in [0.05, 0.1) is 6.10 Å². The van der Waals surface area contributed by atoms with E-state index in [9.17, 15) is 5.11 Å². The van der Waals surface area contributed by atoms with Crippen LogP contribution in [-0.2, 0) is 0 Å². The average Bonchev–Trinajstić information content (AvgIpc) is 2.38. The first-order chi connectivity index (χ1) is 8.61. The Morgan fingerprint density at radius 2 is 1.89 bits per heavy atom. The van der Waals surface area contributed by atoms with Crippen LogP contribution >= 0.6 is 0 Å². The molecule has 0 aliphatic heterocycles. The van der Waals surface area contributed by atoms with E-state index in [1.807, 2.05) is 31.2 Å². The third-order valence-electron chi connectivity index (χ3n) is 3.17. The molecule has 3 nitrogen and oxygen atoms in total. The number of hydrogen-bond acceptors (Lipinski definition) is 3. The maximum absolute atomic E-state index is 10.1. The topological polar surface area (TPSA) is 43.7 Å². The number of nitrogens with zero attached hydrogens (tertiary/aromatic N) is 1. The second kappa shape index (κ2) is 7.39. The molecule has 0 radical (unpaired) electrons. The van der Waals surface area contributed by atoms with Crippen molar-refractivity contribution in [1.82, 2.24) is 0 Å². The zero-order chi connectivity index (χ0) is 13.5. The Balaban J connectivity index is 3.03. The second-order valence-corrected chi connectivity index (χ2v) is 4.85. The van der Waals surface area contributed by atoms with Crippen LogP contribution in [0.4, 0.5) is 5.69 Å². The summed E-state index contributed by atoms with van der Waals surface area (Å²) in [5.41, 5.74) is 2.06. The van der Waals surface area contributed by atoms with E-state index in [0.29, 0.717) is 12.5 Å². The molecule has 1 rings (SSSR count). The summed E-state index contributed by atoms with van der Waals surface area (Å²) in [5, 5.41) is 19.1. The van der Waals surface area contributed by atoms with E-state index in [-0.39, 0.29) is 6.61 Å². The zero-order valence-electron chi connectivity index (χ0n) is 11.6. The molecule has 0 heterocycles. The van der Waals surface area contributed by atoms with Gasteiger partial charge in [-0.3, -0.25) is 0 Å². The number of aliphatic hydroxyl groups excluding tert-OH is 2. The lowest BCUT2D eigenvalue weighted by Crippen LogP contribution is -2.33. The van der Waals surface area contributed by atoms with Gasteiger partial charge in [0.1, 0.15) is 0 Å². The molecule has 0 aliphatic carbocycles. The monoisotopic (exact) mass is 251 g/mol. The highest BCUT2D eigenvalue weighted by Gasteiger charge is 2.17. The van der Waals surface area contributed by atoms with Gasteiger partial charge < -0.3 is 15.1 Å².